The van der Waals surface area contributed by atoms with E-state index < -0.39 is 0 Å². The highest BCUT2D eigenvalue weighted by Gasteiger charge is 1.97. The highest BCUT2D eigenvalue weighted by molar-refractivity contribution is 5.90. The highest BCUT2D eigenvalue weighted by atomic mass is 14.8. The second kappa shape index (κ2) is 14.1. The SMILES string of the molecule is CC.CCC.CCc1nccc2ccccc12.CNc1cccc2ncccc12. The molecular weight excluding hydrogens is 354 g/mol. The summed E-state index contributed by atoms with van der Waals surface area (Å²) in [6, 6.07) is 20.5. The van der Waals surface area contributed by atoms with Crippen LogP contribution in [0.3, 0.4) is 0 Å². The number of fused-ring (bicyclic) bond motifs is 2. The van der Waals surface area contributed by atoms with Gasteiger partial charge in [0, 0.05) is 41.6 Å². The molecule has 0 unspecified atom stereocenters. The van der Waals surface area contributed by atoms with Crippen molar-refractivity contribution < 1.29 is 0 Å². The number of aryl methyl sites for hydroxylation is 1. The first-order valence-electron chi connectivity index (χ1n) is 10.6. The molecule has 4 aromatic rings. The summed E-state index contributed by atoms with van der Waals surface area (Å²) < 4.78 is 0. The maximum absolute atomic E-state index is 4.33. The molecule has 29 heavy (non-hydrogen) atoms. The van der Waals surface area contributed by atoms with Gasteiger partial charge in [0.05, 0.1) is 5.52 Å². The maximum Gasteiger partial charge on any atom is 0.0722 e. The molecule has 2 aromatic heterocycles. The Hall–Kier alpha value is -2.94. The van der Waals surface area contributed by atoms with Crippen molar-refractivity contribution in [1.82, 2.24) is 9.97 Å². The summed E-state index contributed by atoms with van der Waals surface area (Å²) >= 11 is 0. The van der Waals surface area contributed by atoms with Crippen LogP contribution in [0.5, 0.6) is 0 Å². The van der Waals surface area contributed by atoms with Crippen molar-refractivity contribution in [3.8, 4) is 0 Å². The van der Waals surface area contributed by atoms with Crippen molar-refractivity contribution >= 4 is 27.4 Å². The number of nitrogens with one attached hydrogen (secondary N) is 1. The molecule has 0 saturated heterocycles. The van der Waals surface area contributed by atoms with E-state index in [0.29, 0.717) is 0 Å². The first kappa shape index (κ1) is 24.1. The van der Waals surface area contributed by atoms with Gasteiger partial charge in [-0.15, -0.1) is 0 Å². The fourth-order valence-corrected chi connectivity index (χ4v) is 2.79. The number of rotatable bonds is 2. The van der Waals surface area contributed by atoms with Crippen LogP contribution < -0.4 is 5.32 Å². The van der Waals surface area contributed by atoms with E-state index >= 15 is 0 Å². The largest absolute Gasteiger partial charge is 0.388 e. The lowest BCUT2D eigenvalue weighted by Crippen LogP contribution is -1.89. The summed E-state index contributed by atoms with van der Waals surface area (Å²) in [7, 11) is 1.92. The highest BCUT2D eigenvalue weighted by Crippen LogP contribution is 2.20. The molecule has 0 bridgehead atoms. The second-order valence-corrected chi connectivity index (χ2v) is 6.17. The number of benzene rings is 2. The number of nitrogens with zero attached hydrogens (tertiary/aromatic N) is 2. The van der Waals surface area contributed by atoms with Gasteiger partial charge in [-0.2, -0.15) is 0 Å². The van der Waals surface area contributed by atoms with Crippen molar-refractivity contribution in [3.05, 3.63) is 78.8 Å². The summed E-state index contributed by atoms with van der Waals surface area (Å²) in [5.41, 5.74) is 3.35. The monoisotopic (exact) mass is 389 g/mol. The lowest BCUT2D eigenvalue weighted by molar-refractivity contribution is 1.06. The van der Waals surface area contributed by atoms with Crippen molar-refractivity contribution in [1.29, 1.82) is 0 Å². The zero-order chi connectivity index (χ0) is 21.5. The number of pyridine rings is 2. The zero-order valence-electron chi connectivity index (χ0n) is 18.7. The predicted octanol–water partition coefficient (Wildman–Crippen LogP) is 7.52. The van der Waals surface area contributed by atoms with Gasteiger partial charge in [-0.05, 0) is 42.1 Å². The number of hydrogen-bond acceptors (Lipinski definition) is 3. The topological polar surface area (TPSA) is 37.8 Å². The molecular formula is C26H35N3. The van der Waals surface area contributed by atoms with Gasteiger partial charge in [-0.1, -0.05) is 71.4 Å². The maximum atomic E-state index is 4.33. The van der Waals surface area contributed by atoms with Crippen LogP contribution in [0.15, 0.2) is 73.1 Å². The fourth-order valence-electron chi connectivity index (χ4n) is 2.79. The first-order valence-corrected chi connectivity index (χ1v) is 10.6. The molecule has 0 saturated carbocycles. The summed E-state index contributed by atoms with van der Waals surface area (Å²) in [5, 5.41) is 6.86. The Balaban J connectivity index is 0.000000238. The molecule has 0 aliphatic heterocycles. The Bertz CT molecular complexity index is 874. The van der Waals surface area contributed by atoms with Gasteiger partial charge in [0.2, 0.25) is 0 Å². The van der Waals surface area contributed by atoms with Crippen LogP contribution in [0.1, 0.15) is 46.7 Å². The molecule has 0 aliphatic carbocycles. The molecule has 3 heteroatoms. The summed E-state index contributed by atoms with van der Waals surface area (Å²) in [6.45, 7) is 10.4. The number of hydrogen-bond donors (Lipinski definition) is 1. The summed E-state index contributed by atoms with van der Waals surface area (Å²) in [5.74, 6) is 0. The summed E-state index contributed by atoms with van der Waals surface area (Å²) in [6.07, 6.45) is 5.93. The van der Waals surface area contributed by atoms with E-state index in [4.69, 9.17) is 0 Å². The van der Waals surface area contributed by atoms with E-state index in [0.717, 1.165) is 17.6 Å². The molecule has 0 radical (unpaired) electrons. The molecule has 0 spiro atoms. The minimum Gasteiger partial charge on any atom is -0.388 e. The van der Waals surface area contributed by atoms with Crippen molar-refractivity contribution in [2.45, 2.75) is 47.5 Å². The average Bonchev–Trinajstić information content (AvgIpc) is 2.80. The van der Waals surface area contributed by atoms with Crippen LogP contribution in [0, 0.1) is 0 Å². The first-order chi connectivity index (χ1) is 14.2. The summed E-state index contributed by atoms with van der Waals surface area (Å²) in [4.78, 5) is 8.58. The van der Waals surface area contributed by atoms with Crippen molar-refractivity contribution in [2.75, 3.05) is 12.4 Å². The molecule has 4 rings (SSSR count). The third kappa shape index (κ3) is 7.19. The van der Waals surface area contributed by atoms with Gasteiger partial charge in [0.15, 0.2) is 0 Å². The van der Waals surface area contributed by atoms with Gasteiger partial charge in [-0.3, -0.25) is 9.97 Å². The van der Waals surface area contributed by atoms with Crippen LogP contribution in [-0.4, -0.2) is 17.0 Å². The quantitative estimate of drug-likeness (QED) is 0.385. The van der Waals surface area contributed by atoms with Crippen LogP contribution in [0.4, 0.5) is 5.69 Å². The van der Waals surface area contributed by atoms with Gasteiger partial charge < -0.3 is 5.32 Å². The smallest absolute Gasteiger partial charge is 0.0722 e. The van der Waals surface area contributed by atoms with E-state index in [1.165, 1.54) is 28.3 Å². The molecule has 2 aromatic carbocycles. The zero-order valence-corrected chi connectivity index (χ0v) is 18.7. The molecule has 0 amide bonds. The fraction of sp³-hybridized carbons (Fsp3) is 0.308. The van der Waals surface area contributed by atoms with E-state index in [9.17, 15) is 0 Å². The third-order valence-corrected chi connectivity index (χ3v) is 4.01. The molecule has 154 valence electrons. The minimum absolute atomic E-state index is 1.00. The van der Waals surface area contributed by atoms with E-state index in [-0.39, 0.29) is 0 Å². The van der Waals surface area contributed by atoms with E-state index in [1.54, 1.807) is 0 Å². The van der Waals surface area contributed by atoms with Gasteiger partial charge >= 0.3 is 0 Å². The van der Waals surface area contributed by atoms with Crippen LogP contribution >= 0.6 is 0 Å². The van der Waals surface area contributed by atoms with E-state index in [1.807, 2.05) is 57.6 Å². The van der Waals surface area contributed by atoms with Crippen molar-refractivity contribution in [3.63, 3.8) is 0 Å². The lowest BCUT2D eigenvalue weighted by atomic mass is 10.1. The molecule has 0 aliphatic rings. The molecule has 0 fully saturated rings. The Kier molecular flexibility index (Phi) is 11.7. The van der Waals surface area contributed by atoms with Gasteiger partial charge in [0.25, 0.3) is 0 Å². The standard InChI is InChI=1S/C11H11N.C10H10N2.C3H8.C2H6/c1-2-11-10-6-4-3-5-9(10)7-8-12-11;1-11-9-5-2-6-10-8(9)4-3-7-12-10;1-3-2;1-2/h3-8H,2H2,1H3;2-7,11H,1H3;3H2,1-2H3;1-2H3. The van der Waals surface area contributed by atoms with Crippen LogP contribution in [-0.2, 0) is 6.42 Å². The van der Waals surface area contributed by atoms with Gasteiger partial charge in [0.1, 0.15) is 0 Å². The van der Waals surface area contributed by atoms with Crippen LogP contribution in [0.2, 0.25) is 0 Å². The Morgan fingerprint density at radius 2 is 1.41 bits per heavy atom. The van der Waals surface area contributed by atoms with Crippen LogP contribution in [0.25, 0.3) is 21.7 Å². The minimum atomic E-state index is 1.00. The van der Waals surface area contributed by atoms with Crippen molar-refractivity contribution in [2.24, 2.45) is 0 Å². The Morgan fingerprint density at radius 3 is 2.10 bits per heavy atom. The Morgan fingerprint density at radius 1 is 0.724 bits per heavy atom. The Labute approximate surface area is 176 Å². The number of anilines is 1. The lowest BCUT2D eigenvalue weighted by Gasteiger charge is -2.03. The second-order valence-electron chi connectivity index (χ2n) is 6.17. The normalized spacial score (nSPS) is 9.31. The van der Waals surface area contributed by atoms with Gasteiger partial charge in [-0.25, -0.2) is 0 Å². The predicted molar refractivity (Wildman–Crippen MR) is 130 cm³/mol. The molecule has 3 nitrogen and oxygen atoms in total. The molecule has 1 N–H and O–H groups in total. The number of aromatic nitrogens is 2. The van der Waals surface area contributed by atoms with E-state index in [2.05, 4.69) is 72.5 Å². The average molecular weight is 390 g/mol. The molecule has 2 heterocycles. The third-order valence-electron chi connectivity index (χ3n) is 4.01. The molecule has 0 atom stereocenters.